The molecule has 0 aromatic carbocycles. The lowest BCUT2D eigenvalue weighted by Crippen LogP contribution is -2.97. The SMILES string of the molecule is C#C[C@@](C)(CC)[NH2+]CC(=O)C(C)(C)C. The zero-order valence-electron chi connectivity index (χ0n) is 9.98. The first kappa shape index (κ1) is 13.2. The van der Waals surface area contributed by atoms with E-state index in [-0.39, 0.29) is 16.7 Å². The Kier molecular flexibility index (Phi) is 4.35. The normalized spacial score (nSPS) is 15.7. The standard InChI is InChI=1S/C12H21NO/c1-7-12(6,8-2)13-9-10(14)11(3,4)5/h1,13H,8-9H2,2-6H3/p+1/t12-/m0/s1. The molecule has 0 aliphatic carbocycles. The summed E-state index contributed by atoms with van der Waals surface area (Å²) in [7, 11) is 0. The van der Waals surface area contributed by atoms with Crippen LogP contribution in [0.25, 0.3) is 0 Å². The molecule has 0 unspecified atom stereocenters. The fourth-order valence-electron chi connectivity index (χ4n) is 0.929. The van der Waals surface area contributed by atoms with Crippen LogP contribution in [0.3, 0.4) is 0 Å². The summed E-state index contributed by atoms with van der Waals surface area (Å²) in [6.45, 7) is 10.3. The first-order valence-corrected chi connectivity index (χ1v) is 5.10. The highest BCUT2D eigenvalue weighted by atomic mass is 16.1. The van der Waals surface area contributed by atoms with E-state index < -0.39 is 0 Å². The Hall–Kier alpha value is -0.810. The molecule has 0 aliphatic rings. The van der Waals surface area contributed by atoms with Gasteiger partial charge in [0.25, 0.3) is 0 Å². The highest BCUT2D eigenvalue weighted by Gasteiger charge is 2.28. The van der Waals surface area contributed by atoms with Crippen LogP contribution in [0.5, 0.6) is 0 Å². The maximum Gasteiger partial charge on any atom is 0.192 e. The van der Waals surface area contributed by atoms with Crippen molar-refractivity contribution in [1.82, 2.24) is 0 Å². The van der Waals surface area contributed by atoms with Gasteiger partial charge in [-0.2, -0.15) is 0 Å². The van der Waals surface area contributed by atoms with Crippen LogP contribution in [0.1, 0.15) is 41.0 Å². The Morgan fingerprint density at radius 2 is 1.86 bits per heavy atom. The van der Waals surface area contributed by atoms with E-state index in [0.29, 0.717) is 6.54 Å². The third-order valence-corrected chi connectivity index (χ3v) is 2.64. The third-order valence-electron chi connectivity index (χ3n) is 2.64. The van der Waals surface area contributed by atoms with Crippen LogP contribution in [0.15, 0.2) is 0 Å². The molecule has 0 saturated heterocycles. The quantitative estimate of drug-likeness (QED) is 0.668. The summed E-state index contributed by atoms with van der Waals surface area (Å²) in [5, 5.41) is 1.96. The molecule has 0 rings (SSSR count). The zero-order valence-corrected chi connectivity index (χ0v) is 9.98. The van der Waals surface area contributed by atoms with Crippen molar-refractivity contribution < 1.29 is 10.1 Å². The molecule has 2 heteroatoms. The van der Waals surface area contributed by atoms with Gasteiger partial charge in [-0.3, -0.25) is 4.79 Å². The molecule has 0 spiro atoms. The number of rotatable bonds is 4. The smallest absolute Gasteiger partial charge is 0.192 e. The van der Waals surface area contributed by atoms with Crippen LogP contribution in [0.2, 0.25) is 0 Å². The lowest BCUT2D eigenvalue weighted by atomic mass is 9.90. The van der Waals surface area contributed by atoms with Gasteiger partial charge in [0, 0.05) is 18.8 Å². The van der Waals surface area contributed by atoms with Gasteiger partial charge in [-0.15, -0.1) is 6.42 Å². The maximum absolute atomic E-state index is 11.6. The summed E-state index contributed by atoms with van der Waals surface area (Å²) in [5.41, 5.74) is -0.499. The number of ketones is 1. The first-order valence-electron chi connectivity index (χ1n) is 5.10. The van der Waals surface area contributed by atoms with Gasteiger partial charge in [0.05, 0.1) is 0 Å². The van der Waals surface area contributed by atoms with Crippen molar-refractivity contribution in [3.05, 3.63) is 0 Å². The molecule has 0 amide bonds. The van der Waals surface area contributed by atoms with Crippen molar-refractivity contribution in [2.75, 3.05) is 6.54 Å². The largest absolute Gasteiger partial charge is 0.325 e. The minimum Gasteiger partial charge on any atom is -0.325 e. The molecular formula is C12H22NO+. The summed E-state index contributed by atoms with van der Waals surface area (Å²) in [4.78, 5) is 11.6. The fraction of sp³-hybridized carbons (Fsp3) is 0.750. The van der Waals surface area contributed by atoms with Crippen LogP contribution in [-0.4, -0.2) is 17.9 Å². The van der Waals surface area contributed by atoms with Crippen molar-refractivity contribution in [3.63, 3.8) is 0 Å². The lowest BCUT2D eigenvalue weighted by molar-refractivity contribution is -0.700. The number of carbonyl (C=O) groups excluding carboxylic acids is 1. The Morgan fingerprint density at radius 1 is 1.36 bits per heavy atom. The summed E-state index contributed by atoms with van der Waals surface area (Å²) < 4.78 is 0. The van der Waals surface area contributed by atoms with Crippen LogP contribution >= 0.6 is 0 Å². The van der Waals surface area contributed by atoms with E-state index in [1.165, 1.54) is 0 Å². The average Bonchev–Trinajstić information content (AvgIpc) is 2.12. The Morgan fingerprint density at radius 3 is 2.14 bits per heavy atom. The minimum atomic E-state index is -0.264. The molecular weight excluding hydrogens is 174 g/mol. The average molecular weight is 196 g/mol. The van der Waals surface area contributed by atoms with Crippen molar-refractivity contribution in [2.24, 2.45) is 5.41 Å². The molecule has 0 aliphatic heterocycles. The number of hydrogen-bond donors (Lipinski definition) is 1. The Labute approximate surface area is 87.5 Å². The van der Waals surface area contributed by atoms with Crippen LogP contribution in [0.4, 0.5) is 0 Å². The predicted octanol–water partition coefficient (Wildman–Crippen LogP) is 0.967. The van der Waals surface area contributed by atoms with Gasteiger partial charge in [-0.05, 0) is 5.92 Å². The van der Waals surface area contributed by atoms with E-state index in [4.69, 9.17) is 6.42 Å². The van der Waals surface area contributed by atoms with Crippen molar-refractivity contribution in [2.45, 2.75) is 46.6 Å². The molecule has 80 valence electrons. The third kappa shape index (κ3) is 3.93. The monoisotopic (exact) mass is 196 g/mol. The molecule has 2 N–H and O–H groups in total. The van der Waals surface area contributed by atoms with Gasteiger partial charge in [0.2, 0.25) is 0 Å². The lowest BCUT2D eigenvalue weighted by Gasteiger charge is -2.22. The molecule has 0 aromatic rings. The number of hydrogen-bond acceptors (Lipinski definition) is 1. The van der Waals surface area contributed by atoms with Gasteiger partial charge >= 0.3 is 0 Å². The van der Waals surface area contributed by atoms with E-state index in [0.717, 1.165) is 6.42 Å². The highest BCUT2D eigenvalue weighted by Crippen LogP contribution is 2.13. The van der Waals surface area contributed by atoms with E-state index >= 15 is 0 Å². The van der Waals surface area contributed by atoms with Gasteiger partial charge < -0.3 is 5.32 Å². The van der Waals surface area contributed by atoms with Gasteiger partial charge in [0.1, 0.15) is 6.54 Å². The number of quaternary nitrogens is 1. The van der Waals surface area contributed by atoms with Crippen molar-refractivity contribution in [1.29, 1.82) is 0 Å². The fourth-order valence-corrected chi connectivity index (χ4v) is 0.929. The number of terminal acetylenes is 1. The second kappa shape index (κ2) is 4.61. The maximum atomic E-state index is 11.6. The molecule has 0 radical (unpaired) electrons. The van der Waals surface area contributed by atoms with Gasteiger partial charge in [0.15, 0.2) is 11.3 Å². The second-order valence-electron chi connectivity index (χ2n) is 5.00. The second-order valence-corrected chi connectivity index (χ2v) is 5.00. The molecule has 0 fully saturated rings. The summed E-state index contributed by atoms with van der Waals surface area (Å²) in [5.74, 6) is 2.97. The number of Topliss-reactive ketones (excluding diaryl/α,β-unsaturated/α-hetero) is 1. The molecule has 2 nitrogen and oxygen atoms in total. The van der Waals surface area contributed by atoms with E-state index in [1.807, 2.05) is 39.9 Å². The molecule has 0 bridgehead atoms. The van der Waals surface area contributed by atoms with Gasteiger partial charge in [-0.1, -0.05) is 27.7 Å². The van der Waals surface area contributed by atoms with Crippen LogP contribution in [0, 0.1) is 17.8 Å². The predicted molar refractivity (Wildman–Crippen MR) is 58.8 cm³/mol. The van der Waals surface area contributed by atoms with Gasteiger partial charge in [-0.25, -0.2) is 0 Å². The first-order chi connectivity index (χ1) is 6.25. The molecule has 14 heavy (non-hydrogen) atoms. The minimum absolute atomic E-state index is 0.235. The van der Waals surface area contributed by atoms with E-state index in [2.05, 4.69) is 5.92 Å². The Balaban J connectivity index is 4.21. The van der Waals surface area contributed by atoms with Crippen molar-refractivity contribution >= 4 is 5.78 Å². The molecule has 0 saturated carbocycles. The summed E-state index contributed by atoms with van der Waals surface area (Å²) >= 11 is 0. The van der Waals surface area contributed by atoms with E-state index in [9.17, 15) is 4.79 Å². The van der Waals surface area contributed by atoms with Crippen LogP contribution in [-0.2, 0) is 4.79 Å². The summed E-state index contributed by atoms with van der Waals surface area (Å²) in [6.07, 6.45) is 6.30. The molecule has 0 heterocycles. The Bertz CT molecular complexity index is 244. The van der Waals surface area contributed by atoms with E-state index in [1.54, 1.807) is 0 Å². The van der Waals surface area contributed by atoms with Crippen molar-refractivity contribution in [3.8, 4) is 12.3 Å². The summed E-state index contributed by atoms with van der Waals surface area (Å²) in [6, 6.07) is 0. The van der Waals surface area contributed by atoms with Crippen LogP contribution < -0.4 is 5.32 Å². The molecule has 0 aromatic heterocycles. The highest BCUT2D eigenvalue weighted by molar-refractivity contribution is 5.84. The topological polar surface area (TPSA) is 33.7 Å². The number of carbonyl (C=O) groups is 1. The zero-order chi connectivity index (χ0) is 11.4. The molecule has 1 atom stereocenters. The number of nitrogens with two attached hydrogens (primary N) is 1.